The highest BCUT2D eigenvalue weighted by Crippen LogP contribution is 2.72. The molecule has 8 aliphatic rings. The topological polar surface area (TPSA) is 275 Å². The summed E-state index contributed by atoms with van der Waals surface area (Å²) in [6.07, 6.45) is -13.1. The molecule has 0 radical (unpaired) electrons. The number of fused-ring (bicyclic) bond motifs is 6. The van der Waals surface area contributed by atoms with Crippen LogP contribution in [0.4, 0.5) is 0 Å². The molecule has 3 saturated carbocycles. The maximum atomic E-state index is 14.8. The highest BCUT2D eigenvalue weighted by molar-refractivity contribution is 5.79. The van der Waals surface area contributed by atoms with Gasteiger partial charge < -0.3 is 79.5 Å². The fourth-order valence-corrected chi connectivity index (χ4v) is 14.5. The SMILES string of the molecule is C[C@H]1O[C@@H](O[C@H]2CC[C@]3(C)[C@H]4CCC5=C(CC[C@@]6(C(=O)O[C@@H]7O[C@H](CO[C@@H]8O[C@H](CO)[C@@H](O)[C@H](O)[C@H]8O)[C@@H](O)[C@H](O)[C@H]7O)CCC(C)(C)C[C@@H]56)[C@]4(C)CC[C@H]3C2(C)C)[C@H](O)[C@@H](O)[C@@H]1O. The first-order valence-corrected chi connectivity index (χ1v) is 23.8. The predicted octanol–water partition coefficient (Wildman–Crippen LogP) is 0.922. The van der Waals surface area contributed by atoms with Gasteiger partial charge in [-0.2, -0.15) is 0 Å². The second kappa shape index (κ2) is 17.5. The van der Waals surface area contributed by atoms with Crippen LogP contribution >= 0.6 is 0 Å². The van der Waals surface area contributed by atoms with E-state index in [9.17, 15) is 55.9 Å². The number of aliphatic hydroxyl groups excluding tert-OH is 10. The van der Waals surface area contributed by atoms with E-state index in [2.05, 4.69) is 41.5 Å². The summed E-state index contributed by atoms with van der Waals surface area (Å²) in [5.74, 6) is 0.0488. The minimum absolute atomic E-state index is 0.0217. The highest BCUT2D eigenvalue weighted by Gasteiger charge is 2.66. The molecule has 0 amide bonds. The highest BCUT2D eigenvalue weighted by atomic mass is 16.7. The molecular weight excluding hydrogens is 836 g/mol. The van der Waals surface area contributed by atoms with Crippen molar-refractivity contribution < 1.29 is 84.3 Å². The van der Waals surface area contributed by atoms with Crippen molar-refractivity contribution in [3.63, 3.8) is 0 Å². The van der Waals surface area contributed by atoms with Gasteiger partial charge in [-0.15, -0.1) is 0 Å². The van der Waals surface area contributed by atoms with Crippen LogP contribution in [-0.2, 0) is 33.2 Å². The molecule has 5 aliphatic carbocycles. The van der Waals surface area contributed by atoms with Gasteiger partial charge in [0, 0.05) is 0 Å². The van der Waals surface area contributed by atoms with Gasteiger partial charge in [-0.1, -0.05) is 52.7 Å². The average Bonchev–Trinajstić information content (AvgIpc) is 3.24. The van der Waals surface area contributed by atoms with E-state index in [0.717, 1.165) is 57.8 Å². The smallest absolute Gasteiger partial charge is 0.315 e. The lowest BCUT2D eigenvalue weighted by molar-refractivity contribution is -0.328. The standard InChI is InChI=1S/C47H76O17/c1-21-30(49)33(52)37(56)40(60-21)63-29-12-14-46(7)27(44(29,4)5)11-13-45(6)23-10-15-47(17-16-43(2,3)18-24(47)22(23)8-9-28(45)46)42(58)64-41-38(57)35(54)32(51)26(62-41)20-59-39-36(55)34(53)31(50)25(19-48)61-39/h21,24-41,48-57H,8-20H2,1-7H3/t21-,24+,25-,26-,27+,28+,29+,30-,31-,32-,33+,34+,35+,36-,37-,38-,39-,40+,41+,45+,46+,47-/m1/s1. The van der Waals surface area contributed by atoms with Crippen LogP contribution in [0.25, 0.3) is 0 Å². The number of hydrogen-bond donors (Lipinski definition) is 10. The van der Waals surface area contributed by atoms with Gasteiger partial charge >= 0.3 is 5.97 Å². The third-order valence-electron chi connectivity index (χ3n) is 18.4. The maximum absolute atomic E-state index is 14.8. The Labute approximate surface area is 376 Å². The lowest BCUT2D eigenvalue weighted by Crippen LogP contribution is -2.63. The molecule has 0 aromatic carbocycles. The van der Waals surface area contributed by atoms with E-state index in [1.165, 1.54) is 11.1 Å². The molecule has 0 aromatic rings. The normalized spacial score (nSPS) is 52.4. The third-order valence-corrected chi connectivity index (χ3v) is 18.4. The van der Waals surface area contributed by atoms with Crippen molar-refractivity contribution in [1.82, 2.24) is 0 Å². The fraction of sp³-hybridized carbons (Fsp3) is 0.936. The summed E-state index contributed by atoms with van der Waals surface area (Å²) in [5, 5.41) is 105. The zero-order valence-corrected chi connectivity index (χ0v) is 38.5. The number of esters is 1. The Morgan fingerprint density at radius 3 is 1.95 bits per heavy atom. The predicted molar refractivity (Wildman–Crippen MR) is 224 cm³/mol. The number of allylic oxidation sites excluding steroid dienone is 2. The Balaban J connectivity index is 0.996. The summed E-state index contributed by atoms with van der Waals surface area (Å²) >= 11 is 0. The lowest BCUT2D eigenvalue weighted by Gasteiger charge is -2.67. The number of ether oxygens (including phenoxy) is 6. The molecule has 3 heterocycles. The molecule has 0 unspecified atom stereocenters. The Kier molecular flexibility index (Phi) is 13.4. The first-order valence-electron chi connectivity index (χ1n) is 23.8. The molecule has 3 saturated heterocycles. The molecule has 8 rings (SSSR count). The average molecular weight is 913 g/mol. The van der Waals surface area contributed by atoms with Crippen LogP contribution in [0.2, 0.25) is 0 Å². The molecule has 64 heavy (non-hydrogen) atoms. The maximum Gasteiger partial charge on any atom is 0.315 e. The van der Waals surface area contributed by atoms with Crippen molar-refractivity contribution in [3.05, 3.63) is 11.1 Å². The molecule has 17 nitrogen and oxygen atoms in total. The quantitative estimate of drug-likeness (QED) is 0.0922. The minimum Gasteiger partial charge on any atom is -0.432 e. The molecule has 366 valence electrons. The van der Waals surface area contributed by atoms with Crippen molar-refractivity contribution in [2.24, 2.45) is 44.8 Å². The van der Waals surface area contributed by atoms with Gasteiger partial charge in [0.25, 0.3) is 0 Å². The number of carbonyl (C=O) groups is 1. The van der Waals surface area contributed by atoms with Gasteiger partial charge in [0.15, 0.2) is 12.6 Å². The zero-order chi connectivity index (χ0) is 46.6. The molecular formula is C47H76O17. The van der Waals surface area contributed by atoms with Crippen LogP contribution in [0.15, 0.2) is 11.1 Å². The first-order chi connectivity index (χ1) is 29.9. The summed E-state index contributed by atoms with van der Waals surface area (Å²) in [7, 11) is 0. The number of rotatable bonds is 8. The van der Waals surface area contributed by atoms with E-state index in [0.29, 0.717) is 24.7 Å². The number of hydrogen-bond acceptors (Lipinski definition) is 17. The van der Waals surface area contributed by atoms with E-state index in [1.54, 1.807) is 6.92 Å². The van der Waals surface area contributed by atoms with Crippen molar-refractivity contribution >= 4 is 5.97 Å². The zero-order valence-electron chi connectivity index (χ0n) is 38.5. The Bertz CT molecular complexity index is 1740. The largest absolute Gasteiger partial charge is 0.432 e. The Morgan fingerprint density at radius 2 is 1.27 bits per heavy atom. The van der Waals surface area contributed by atoms with E-state index in [1.807, 2.05) is 0 Å². The van der Waals surface area contributed by atoms with Gasteiger partial charge in [0.2, 0.25) is 6.29 Å². The molecule has 22 atom stereocenters. The molecule has 0 bridgehead atoms. The monoisotopic (exact) mass is 913 g/mol. The third kappa shape index (κ3) is 7.95. The second-order valence-corrected chi connectivity index (χ2v) is 22.8. The minimum atomic E-state index is -1.79. The van der Waals surface area contributed by atoms with E-state index in [-0.39, 0.29) is 33.7 Å². The van der Waals surface area contributed by atoms with Crippen LogP contribution < -0.4 is 0 Å². The van der Waals surface area contributed by atoms with Crippen molar-refractivity contribution in [1.29, 1.82) is 0 Å². The number of carbonyl (C=O) groups excluding carboxylic acids is 1. The summed E-state index contributed by atoms with van der Waals surface area (Å²) < 4.78 is 35.5. The Morgan fingerprint density at radius 1 is 0.641 bits per heavy atom. The van der Waals surface area contributed by atoms with Gasteiger partial charge in [-0.05, 0) is 117 Å². The molecule has 0 spiro atoms. The molecule has 6 fully saturated rings. The second-order valence-electron chi connectivity index (χ2n) is 22.8. The van der Waals surface area contributed by atoms with Crippen LogP contribution in [0.5, 0.6) is 0 Å². The van der Waals surface area contributed by atoms with Crippen LogP contribution in [0.3, 0.4) is 0 Å². The number of aliphatic hydroxyl groups is 10. The summed E-state index contributed by atoms with van der Waals surface area (Å²) in [5.41, 5.74) is 1.44. The molecule has 10 N–H and O–H groups in total. The van der Waals surface area contributed by atoms with Crippen molar-refractivity contribution in [2.45, 2.75) is 217 Å². The lowest BCUT2D eigenvalue weighted by atomic mass is 9.38. The van der Waals surface area contributed by atoms with Gasteiger partial charge in [-0.3, -0.25) is 4.79 Å². The van der Waals surface area contributed by atoms with Crippen molar-refractivity contribution in [2.75, 3.05) is 13.2 Å². The summed E-state index contributed by atoms with van der Waals surface area (Å²) in [6, 6.07) is 0. The fourth-order valence-electron chi connectivity index (χ4n) is 14.5. The van der Waals surface area contributed by atoms with Crippen LogP contribution in [-0.4, -0.2) is 168 Å². The van der Waals surface area contributed by atoms with Crippen molar-refractivity contribution in [3.8, 4) is 0 Å². The van der Waals surface area contributed by atoms with Gasteiger partial charge in [0.1, 0.15) is 67.1 Å². The van der Waals surface area contributed by atoms with Crippen LogP contribution in [0, 0.1) is 44.8 Å². The van der Waals surface area contributed by atoms with Crippen LogP contribution in [0.1, 0.15) is 119 Å². The molecule has 3 aliphatic heterocycles. The van der Waals surface area contributed by atoms with E-state index >= 15 is 0 Å². The van der Waals surface area contributed by atoms with E-state index < -0.39 is 117 Å². The van der Waals surface area contributed by atoms with E-state index in [4.69, 9.17) is 28.4 Å². The first kappa shape index (κ1) is 49.0. The summed E-state index contributed by atoms with van der Waals surface area (Å²) in [4.78, 5) is 14.8. The molecule has 0 aromatic heterocycles. The van der Waals surface area contributed by atoms with Gasteiger partial charge in [0.05, 0.1) is 30.8 Å². The Hall–Kier alpha value is -1.39. The summed E-state index contributed by atoms with van der Waals surface area (Å²) in [6.45, 7) is 14.4. The molecule has 17 heteroatoms. The van der Waals surface area contributed by atoms with Gasteiger partial charge in [-0.25, -0.2) is 0 Å².